The molecular weight excluding hydrogens is 142 g/mol. The van der Waals surface area contributed by atoms with Crippen LogP contribution in [0, 0.1) is 5.92 Å². The van der Waals surface area contributed by atoms with E-state index in [1.165, 1.54) is 13.5 Å². The average Bonchev–Trinajstić information content (AvgIpc) is 2.35. The molecule has 1 aliphatic rings. The van der Waals surface area contributed by atoms with Gasteiger partial charge in [-0.2, -0.15) is 0 Å². The lowest BCUT2D eigenvalue weighted by Crippen LogP contribution is -2.32. The number of methoxy groups -OCH3 is 1. The van der Waals surface area contributed by atoms with Gasteiger partial charge in [-0.15, -0.1) is 0 Å². The zero-order valence-corrected chi connectivity index (χ0v) is 7.09. The first-order valence-corrected chi connectivity index (χ1v) is 4.07. The highest BCUT2D eigenvalue weighted by molar-refractivity contribution is 5.67. The van der Waals surface area contributed by atoms with Gasteiger partial charge in [-0.3, -0.25) is 0 Å². The molecule has 1 unspecified atom stereocenters. The topological polar surface area (TPSA) is 38.3 Å². The molecule has 64 valence electrons. The zero-order valence-electron chi connectivity index (χ0n) is 7.09. The molecular formula is C8H15NO2. The van der Waals surface area contributed by atoms with Gasteiger partial charge in [0.1, 0.15) is 0 Å². The van der Waals surface area contributed by atoms with Crippen molar-refractivity contribution in [2.45, 2.75) is 32.2 Å². The van der Waals surface area contributed by atoms with Crippen LogP contribution >= 0.6 is 0 Å². The van der Waals surface area contributed by atoms with E-state index in [0.29, 0.717) is 6.04 Å². The van der Waals surface area contributed by atoms with Crippen LogP contribution in [0.2, 0.25) is 0 Å². The van der Waals surface area contributed by atoms with Gasteiger partial charge in [0.05, 0.1) is 7.11 Å². The van der Waals surface area contributed by atoms with Crippen LogP contribution in [-0.4, -0.2) is 19.2 Å². The molecule has 0 aromatic rings. The molecule has 1 N–H and O–H groups in total. The Morgan fingerprint density at radius 3 is 2.73 bits per heavy atom. The molecule has 0 aliphatic heterocycles. The Balaban J connectivity index is 2.23. The maximum Gasteiger partial charge on any atom is 0.407 e. The summed E-state index contributed by atoms with van der Waals surface area (Å²) in [5.41, 5.74) is 0. The van der Waals surface area contributed by atoms with Gasteiger partial charge in [-0.1, -0.05) is 6.92 Å². The molecule has 0 aromatic carbocycles. The normalized spacial score (nSPS) is 30.0. The van der Waals surface area contributed by atoms with Gasteiger partial charge in [0.25, 0.3) is 0 Å². The molecule has 0 spiro atoms. The second kappa shape index (κ2) is 3.60. The first kappa shape index (κ1) is 8.37. The number of alkyl carbamates (subject to hydrolysis) is 1. The van der Waals surface area contributed by atoms with E-state index >= 15 is 0 Å². The number of carbonyl (C=O) groups is 1. The number of hydrogen-bond acceptors (Lipinski definition) is 2. The summed E-state index contributed by atoms with van der Waals surface area (Å²) < 4.78 is 4.50. The summed E-state index contributed by atoms with van der Waals surface area (Å²) in [5, 5.41) is 2.80. The summed E-state index contributed by atoms with van der Waals surface area (Å²) >= 11 is 0. The second-order valence-electron chi connectivity index (χ2n) is 3.25. The van der Waals surface area contributed by atoms with Gasteiger partial charge in [0.15, 0.2) is 0 Å². The molecule has 3 nitrogen and oxygen atoms in total. The van der Waals surface area contributed by atoms with Crippen molar-refractivity contribution in [2.24, 2.45) is 5.92 Å². The summed E-state index contributed by atoms with van der Waals surface area (Å²) in [5.74, 6) is 0.747. The lowest BCUT2D eigenvalue weighted by atomic mass is 10.1. The fourth-order valence-corrected chi connectivity index (χ4v) is 1.56. The van der Waals surface area contributed by atoms with Crippen LogP contribution in [0.4, 0.5) is 4.79 Å². The smallest absolute Gasteiger partial charge is 0.407 e. The molecule has 0 heterocycles. The van der Waals surface area contributed by atoms with E-state index in [-0.39, 0.29) is 6.09 Å². The van der Waals surface area contributed by atoms with Crippen molar-refractivity contribution in [1.82, 2.24) is 5.32 Å². The van der Waals surface area contributed by atoms with Gasteiger partial charge in [0.2, 0.25) is 0 Å². The number of amides is 1. The third-order valence-corrected chi connectivity index (χ3v) is 2.20. The van der Waals surface area contributed by atoms with Crippen molar-refractivity contribution in [3.05, 3.63) is 0 Å². The molecule has 1 saturated carbocycles. The van der Waals surface area contributed by atoms with Crippen molar-refractivity contribution in [1.29, 1.82) is 0 Å². The van der Waals surface area contributed by atoms with Crippen LogP contribution in [0.5, 0.6) is 0 Å². The van der Waals surface area contributed by atoms with Crippen LogP contribution in [0.1, 0.15) is 26.2 Å². The Labute approximate surface area is 67.1 Å². The van der Waals surface area contributed by atoms with Crippen LogP contribution in [-0.2, 0) is 4.74 Å². The minimum absolute atomic E-state index is 0.302. The fourth-order valence-electron chi connectivity index (χ4n) is 1.56. The summed E-state index contributed by atoms with van der Waals surface area (Å²) in [6.07, 6.45) is 3.10. The van der Waals surface area contributed by atoms with Crippen LogP contribution in [0.15, 0.2) is 0 Å². The number of carbonyl (C=O) groups excluding carboxylic acids is 1. The van der Waals surface area contributed by atoms with Crippen LogP contribution in [0.25, 0.3) is 0 Å². The Morgan fingerprint density at radius 1 is 1.55 bits per heavy atom. The largest absolute Gasteiger partial charge is 0.453 e. The lowest BCUT2D eigenvalue weighted by molar-refractivity contribution is 0.166. The molecule has 0 aromatic heterocycles. The first-order valence-electron chi connectivity index (χ1n) is 4.07. The molecule has 0 radical (unpaired) electrons. The summed E-state index contributed by atoms with van der Waals surface area (Å²) in [4.78, 5) is 10.7. The third-order valence-electron chi connectivity index (χ3n) is 2.20. The van der Waals surface area contributed by atoms with Crippen molar-refractivity contribution < 1.29 is 9.53 Å². The first-order chi connectivity index (χ1) is 5.22. The van der Waals surface area contributed by atoms with Gasteiger partial charge >= 0.3 is 6.09 Å². The highest BCUT2D eigenvalue weighted by Gasteiger charge is 2.22. The second-order valence-corrected chi connectivity index (χ2v) is 3.25. The quantitative estimate of drug-likeness (QED) is 0.627. The van der Waals surface area contributed by atoms with E-state index < -0.39 is 0 Å². The summed E-state index contributed by atoms with van der Waals surface area (Å²) in [7, 11) is 1.40. The predicted molar refractivity (Wildman–Crippen MR) is 42.3 cm³/mol. The van der Waals surface area contributed by atoms with Crippen molar-refractivity contribution in [3.63, 3.8) is 0 Å². The standard InChI is InChI=1S/C8H15NO2/c1-6-3-4-7(5-6)9-8(10)11-2/h6-7H,3-5H2,1-2H3,(H,9,10)/t6?,7-/m1/s1. The Bertz CT molecular complexity index is 147. The molecule has 3 heteroatoms. The average molecular weight is 157 g/mol. The molecule has 0 saturated heterocycles. The number of nitrogens with one attached hydrogen (secondary N) is 1. The van der Waals surface area contributed by atoms with Crippen molar-refractivity contribution in [3.8, 4) is 0 Å². The van der Waals surface area contributed by atoms with Crippen LogP contribution < -0.4 is 5.32 Å². The zero-order chi connectivity index (χ0) is 8.27. The number of hydrogen-bond donors (Lipinski definition) is 1. The van der Waals surface area contributed by atoms with Gasteiger partial charge in [0, 0.05) is 6.04 Å². The predicted octanol–water partition coefficient (Wildman–Crippen LogP) is 1.53. The van der Waals surface area contributed by atoms with E-state index in [9.17, 15) is 4.79 Å². The van der Waals surface area contributed by atoms with E-state index in [1.54, 1.807) is 0 Å². The Hall–Kier alpha value is -0.730. The van der Waals surface area contributed by atoms with Crippen molar-refractivity contribution in [2.75, 3.05) is 7.11 Å². The highest BCUT2D eigenvalue weighted by Crippen LogP contribution is 2.24. The van der Waals surface area contributed by atoms with Gasteiger partial charge in [-0.25, -0.2) is 4.79 Å². The SMILES string of the molecule is COC(=O)N[C@@H]1CCC(C)C1. The molecule has 1 amide bonds. The van der Waals surface area contributed by atoms with Crippen LogP contribution in [0.3, 0.4) is 0 Å². The van der Waals surface area contributed by atoms with E-state index in [2.05, 4.69) is 17.0 Å². The minimum Gasteiger partial charge on any atom is -0.453 e. The molecule has 1 rings (SSSR count). The molecule has 11 heavy (non-hydrogen) atoms. The lowest BCUT2D eigenvalue weighted by Gasteiger charge is -2.10. The van der Waals surface area contributed by atoms with E-state index in [4.69, 9.17) is 0 Å². The van der Waals surface area contributed by atoms with Crippen molar-refractivity contribution >= 4 is 6.09 Å². The molecule has 1 fully saturated rings. The van der Waals surface area contributed by atoms with Gasteiger partial charge < -0.3 is 10.1 Å². The fraction of sp³-hybridized carbons (Fsp3) is 0.875. The third kappa shape index (κ3) is 2.41. The monoisotopic (exact) mass is 157 g/mol. The maximum atomic E-state index is 10.7. The molecule has 2 atom stereocenters. The number of rotatable bonds is 1. The molecule has 0 bridgehead atoms. The number of ether oxygens (including phenoxy) is 1. The molecule has 1 aliphatic carbocycles. The minimum atomic E-state index is -0.302. The maximum absolute atomic E-state index is 10.7. The summed E-state index contributed by atoms with van der Waals surface area (Å²) in [6.45, 7) is 2.21. The van der Waals surface area contributed by atoms with Gasteiger partial charge in [-0.05, 0) is 25.2 Å². The van der Waals surface area contributed by atoms with E-state index in [0.717, 1.165) is 18.8 Å². The van der Waals surface area contributed by atoms with E-state index in [1.807, 2.05) is 0 Å². The highest BCUT2D eigenvalue weighted by atomic mass is 16.5. The Kier molecular flexibility index (Phi) is 2.74. The summed E-state index contributed by atoms with van der Waals surface area (Å²) in [6, 6.07) is 0.345. The Morgan fingerprint density at radius 2 is 2.27 bits per heavy atom.